The van der Waals surface area contributed by atoms with Crippen molar-refractivity contribution in [2.24, 2.45) is 7.05 Å². The van der Waals surface area contributed by atoms with Gasteiger partial charge in [0.25, 0.3) is 5.56 Å². The Kier molecular flexibility index (Phi) is 2.98. The van der Waals surface area contributed by atoms with Gasteiger partial charge in [-0.25, -0.2) is 9.07 Å². The minimum absolute atomic E-state index is 0.253. The molecule has 1 aromatic heterocycles. The molecule has 0 aliphatic heterocycles. The molecule has 96 valence electrons. The molecule has 1 heterocycles. The zero-order chi connectivity index (χ0) is 13.4. The third-order valence-corrected chi connectivity index (χ3v) is 3.15. The van der Waals surface area contributed by atoms with Crippen molar-refractivity contribution in [2.45, 2.75) is 20.3 Å². The van der Waals surface area contributed by atoms with Crippen LogP contribution in [0.3, 0.4) is 0 Å². The van der Waals surface area contributed by atoms with Gasteiger partial charge < -0.3 is 5.73 Å². The van der Waals surface area contributed by atoms with E-state index in [1.165, 1.54) is 16.8 Å². The van der Waals surface area contributed by atoms with Crippen molar-refractivity contribution in [3.05, 3.63) is 45.6 Å². The molecule has 0 atom stereocenters. The van der Waals surface area contributed by atoms with E-state index in [1.807, 2.05) is 6.92 Å². The first-order chi connectivity index (χ1) is 8.47. The zero-order valence-electron chi connectivity index (χ0n) is 10.7. The second kappa shape index (κ2) is 4.33. The van der Waals surface area contributed by atoms with Crippen LogP contribution in [-0.2, 0) is 13.5 Å². The van der Waals surface area contributed by atoms with Gasteiger partial charge in [0, 0.05) is 7.05 Å². The van der Waals surface area contributed by atoms with Crippen LogP contribution < -0.4 is 11.3 Å². The Balaban J connectivity index is 2.76. The number of aromatic nitrogens is 2. The molecule has 4 nitrogen and oxygen atoms in total. The molecule has 0 fully saturated rings. The van der Waals surface area contributed by atoms with Crippen LogP contribution in [0.5, 0.6) is 0 Å². The van der Waals surface area contributed by atoms with Crippen molar-refractivity contribution in [2.75, 3.05) is 5.73 Å². The molecule has 2 aromatic rings. The van der Waals surface area contributed by atoms with Crippen LogP contribution in [0.25, 0.3) is 5.69 Å². The Hall–Kier alpha value is -2.04. The fourth-order valence-electron chi connectivity index (χ4n) is 2.22. The maximum atomic E-state index is 13.1. The predicted octanol–water partition coefficient (Wildman–Crippen LogP) is 1.77. The molecule has 2 rings (SSSR count). The summed E-state index contributed by atoms with van der Waals surface area (Å²) in [6.45, 7) is 3.70. The summed E-state index contributed by atoms with van der Waals surface area (Å²) in [6, 6.07) is 4.32. The van der Waals surface area contributed by atoms with Gasteiger partial charge in [-0.1, -0.05) is 6.92 Å². The van der Waals surface area contributed by atoms with Crippen molar-refractivity contribution in [3.63, 3.8) is 0 Å². The number of aryl methyl sites for hydroxylation is 1. The number of nitrogens with two attached hydrogens (primary N) is 1. The summed E-state index contributed by atoms with van der Waals surface area (Å²) in [6.07, 6.45) is 0.671. The summed E-state index contributed by atoms with van der Waals surface area (Å²) < 4.78 is 16.3. The molecule has 5 heteroatoms. The number of halogens is 1. The molecule has 0 aliphatic carbocycles. The van der Waals surface area contributed by atoms with Crippen LogP contribution in [0.2, 0.25) is 0 Å². The highest BCUT2D eigenvalue weighted by Gasteiger charge is 2.16. The van der Waals surface area contributed by atoms with Gasteiger partial charge in [-0.05, 0) is 37.1 Å². The highest BCUT2D eigenvalue weighted by atomic mass is 19.1. The lowest BCUT2D eigenvalue weighted by Crippen LogP contribution is -2.21. The van der Waals surface area contributed by atoms with Crippen LogP contribution in [0.15, 0.2) is 23.0 Å². The van der Waals surface area contributed by atoms with Gasteiger partial charge in [-0.3, -0.25) is 9.48 Å². The summed E-state index contributed by atoms with van der Waals surface area (Å²) >= 11 is 0. The van der Waals surface area contributed by atoms with Crippen LogP contribution >= 0.6 is 0 Å². The molecule has 0 radical (unpaired) electrons. The van der Waals surface area contributed by atoms with Gasteiger partial charge in [-0.15, -0.1) is 0 Å². The largest absolute Gasteiger partial charge is 0.393 e. The van der Waals surface area contributed by atoms with E-state index in [0.717, 1.165) is 5.69 Å². The van der Waals surface area contributed by atoms with Crippen LogP contribution in [0.1, 0.15) is 18.2 Å². The van der Waals surface area contributed by atoms with Crippen molar-refractivity contribution in [1.82, 2.24) is 9.36 Å². The van der Waals surface area contributed by atoms with Gasteiger partial charge >= 0.3 is 0 Å². The average molecular weight is 249 g/mol. The average Bonchev–Trinajstić information content (AvgIpc) is 2.52. The van der Waals surface area contributed by atoms with Gasteiger partial charge in [0.1, 0.15) is 11.5 Å². The van der Waals surface area contributed by atoms with Gasteiger partial charge in [0.2, 0.25) is 0 Å². The fourth-order valence-corrected chi connectivity index (χ4v) is 2.22. The molecular weight excluding hydrogens is 233 g/mol. The van der Waals surface area contributed by atoms with Crippen LogP contribution in [-0.4, -0.2) is 9.36 Å². The number of hydrogen-bond acceptors (Lipinski definition) is 2. The highest BCUT2D eigenvalue weighted by molar-refractivity contribution is 5.47. The summed E-state index contributed by atoms with van der Waals surface area (Å²) in [5.41, 5.74) is 7.92. The van der Waals surface area contributed by atoms with E-state index in [9.17, 15) is 9.18 Å². The molecule has 0 saturated carbocycles. The van der Waals surface area contributed by atoms with E-state index >= 15 is 0 Å². The number of hydrogen-bond donors (Lipinski definition) is 1. The van der Waals surface area contributed by atoms with Crippen molar-refractivity contribution < 1.29 is 4.39 Å². The molecule has 0 aliphatic rings. The van der Waals surface area contributed by atoms with Crippen molar-refractivity contribution in [3.8, 4) is 5.69 Å². The lowest BCUT2D eigenvalue weighted by atomic mass is 10.2. The first-order valence-corrected chi connectivity index (χ1v) is 5.80. The molecule has 2 N–H and O–H groups in total. The third-order valence-electron chi connectivity index (χ3n) is 3.15. The third kappa shape index (κ3) is 1.72. The molecule has 0 saturated heterocycles. The minimum Gasteiger partial charge on any atom is -0.393 e. The quantitative estimate of drug-likeness (QED) is 0.881. The SMILES string of the molecule is CCc1c(N)c(=O)n(-c2ccc(F)cc2C)n1C. The van der Waals surface area contributed by atoms with Crippen molar-refractivity contribution in [1.29, 1.82) is 0 Å². The highest BCUT2D eigenvalue weighted by Crippen LogP contribution is 2.17. The molecular formula is C13H16FN3O. The van der Waals surface area contributed by atoms with Gasteiger partial charge in [0.05, 0.1) is 11.4 Å². The first kappa shape index (κ1) is 12.4. The maximum Gasteiger partial charge on any atom is 0.294 e. The Bertz CT molecular complexity index is 655. The molecule has 0 spiro atoms. The Morgan fingerprint density at radius 1 is 1.39 bits per heavy atom. The Morgan fingerprint density at radius 3 is 2.56 bits per heavy atom. The van der Waals surface area contributed by atoms with E-state index < -0.39 is 0 Å². The maximum absolute atomic E-state index is 13.1. The van der Waals surface area contributed by atoms with Crippen molar-refractivity contribution >= 4 is 5.69 Å². The smallest absolute Gasteiger partial charge is 0.294 e. The van der Waals surface area contributed by atoms with Gasteiger partial charge in [0.15, 0.2) is 0 Å². The first-order valence-electron chi connectivity index (χ1n) is 5.80. The molecule has 1 aromatic carbocycles. The van der Waals surface area contributed by atoms with Crippen LogP contribution in [0, 0.1) is 12.7 Å². The van der Waals surface area contributed by atoms with Crippen LogP contribution in [0.4, 0.5) is 10.1 Å². The van der Waals surface area contributed by atoms with E-state index in [4.69, 9.17) is 5.73 Å². The molecule has 0 unspecified atom stereocenters. The minimum atomic E-state index is -0.317. The number of benzene rings is 1. The Labute approximate surface area is 104 Å². The van der Waals surface area contributed by atoms with E-state index in [2.05, 4.69) is 0 Å². The molecule has 0 bridgehead atoms. The summed E-state index contributed by atoms with van der Waals surface area (Å²) in [7, 11) is 1.78. The number of nitrogens with zero attached hydrogens (tertiary/aromatic N) is 2. The molecule has 0 amide bonds. The Morgan fingerprint density at radius 2 is 2.06 bits per heavy atom. The van der Waals surface area contributed by atoms with Gasteiger partial charge in [-0.2, -0.15) is 0 Å². The lowest BCUT2D eigenvalue weighted by Gasteiger charge is -2.11. The normalized spacial score (nSPS) is 10.9. The summed E-state index contributed by atoms with van der Waals surface area (Å²) in [5.74, 6) is -0.317. The number of rotatable bonds is 2. The zero-order valence-corrected chi connectivity index (χ0v) is 10.7. The summed E-state index contributed by atoms with van der Waals surface area (Å²) in [4.78, 5) is 12.1. The second-order valence-corrected chi connectivity index (χ2v) is 4.29. The predicted molar refractivity (Wildman–Crippen MR) is 69.5 cm³/mol. The van der Waals surface area contributed by atoms with E-state index in [0.29, 0.717) is 17.7 Å². The topological polar surface area (TPSA) is 53.0 Å². The summed E-state index contributed by atoms with van der Waals surface area (Å²) in [5, 5.41) is 0. The number of anilines is 1. The molecule has 18 heavy (non-hydrogen) atoms. The monoisotopic (exact) mass is 249 g/mol. The fraction of sp³-hybridized carbons (Fsp3) is 0.308. The van der Waals surface area contributed by atoms with E-state index in [-0.39, 0.29) is 17.1 Å². The number of nitrogen functional groups attached to an aromatic ring is 1. The standard InChI is InChI=1S/C13H16FN3O/c1-4-10-12(15)13(18)17(16(10)3)11-6-5-9(14)7-8(11)2/h5-7H,4,15H2,1-3H3. The second-order valence-electron chi connectivity index (χ2n) is 4.29. The lowest BCUT2D eigenvalue weighted by molar-refractivity contribution is 0.606. The van der Waals surface area contributed by atoms with E-state index in [1.54, 1.807) is 24.7 Å².